The van der Waals surface area contributed by atoms with E-state index in [9.17, 15) is 8.42 Å². The van der Waals surface area contributed by atoms with Crippen molar-refractivity contribution in [1.82, 2.24) is 4.72 Å². The van der Waals surface area contributed by atoms with Gasteiger partial charge in [0, 0.05) is 29.4 Å². The molecule has 1 fully saturated rings. The van der Waals surface area contributed by atoms with E-state index < -0.39 is 10.0 Å². The number of rotatable bonds is 6. The Labute approximate surface area is 159 Å². The van der Waals surface area contributed by atoms with Gasteiger partial charge in [-0.3, -0.25) is 0 Å². The lowest BCUT2D eigenvalue weighted by Crippen LogP contribution is -2.44. The number of hydrogen-bond donors (Lipinski definition) is 1. The molecule has 8 heteroatoms. The number of nitrogens with one attached hydrogen (secondary N) is 1. The first kappa shape index (κ1) is 18.4. The Morgan fingerprint density at radius 2 is 1.88 bits per heavy atom. The van der Waals surface area contributed by atoms with E-state index in [-0.39, 0.29) is 4.75 Å². The maximum Gasteiger partial charge on any atom is 0.250 e. The van der Waals surface area contributed by atoms with E-state index in [4.69, 9.17) is 4.74 Å². The van der Waals surface area contributed by atoms with E-state index >= 15 is 0 Å². The molecule has 1 aromatic heterocycles. The minimum Gasteiger partial charge on any atom is -0.381 e. The molecular formula is C16H18BrNO3S3. The van der Waals surface area contributed by atoms with E-state index in [1.807, 2.05) is 18.2 Å². The molecule has 0 radical (unpaired) electrons. The van der Waals surface area contributed by atoms with Gasteiger partial charge in [0.15, 0.2) is 0 Å². The molecule has 0 unspecified atom stereocenters. The van der Waals surface area contributed by atoms with Gasteiger partial charge < -0.3 is 4.74 Å². The van der Waals surface area contributed by atoms with Crippen molar-refractivity contribution in [2.75, 3.05) is 19.8 Å². The van der Waals surface area contributed by atoms with Crippen LogP contribution < -0.4 is 4.72 Å². The van der Waals surface area contributed by atoms with Crippen LogP contribution in [0.1, 0.15) is 12.8 Å². The van der Waals surface area contributed by atoms with Crippen molar-refractivity contribution >= 4 is 49.1 Å². The summed E-state index contributed by atoms with van der Waals surface area (Å²) in [6.45, 7) is 1.71. The van der Waals surface area contributed by atoms with Gasteiger partial charge in [-0.05, 0) is 53.0 Å². The predicted octanol–water partition coefficient (Wildman–Crippen LogP) is 4.13. The van der Waals surface area contributed by atoms with Crippen LogP contribution in [-0.4, -0.2) is 32.9 Å². The van der Waals surface area contributed by atoms with Crippen LogP contribution in [0.15, 0.2) is 55.4 Å². The summed E-state index contributed by atoms with van der Waals surface area (Å²) >= 11 is 6.27. The number of benzene rings is 1. The SMILES string of the molecule is O=S(=O)(NCC1(Sc2ccccc2)CCOCC1)c1ccc(Br)s1. The van der Waals surface area contributed by atoms with Crippen LogP contribution in [0.2, 0.25) is 0 Å². The molecule has 2 aromatic rings. The Balaban J connectivity index is 1.75. The fourth-order valence-corrected chi connectivity index (χ4v) is 7.12. The molecule has 0 spiro atoms. The molecule has 4 nitrogen and oxygen atoms in total. The monoisotopic (exact) mass is 447 g/mol. The summed E-state index contributed by atoms with van der Waals surface area (Å²) in [5.41, 5.74) is 0. The Kier molecular flexibility index (Phi) is 6.05. The number of thioether (sulfide) groups is 1. The molecule has 130 valence electrons. The first-order valence-corrected chi connectivity index (χ1v) is 11.5. The molecular weight excluding hydrogens is 430 g/mol. The maximum absolute atomic E-state index is 12.5. The largest absolute Gasteiger partial charge is 0.381 e. The highest BCUT2D eigenvalue weighted by atomic mass is 79.9. The standard InChI is InChI=1S/C16H18BrNO3S3/c17-14-6-7-15(22-14)24(19,20)18-12-16(8-10-21-11-9-16)23-13-4-2-1-3-5-13/h1-7,18H,8-12H2. The number of halogens is 1. The van der Waals surface area contributed by atoms with Crippen molar-refractivity contribution in [2.45, 2.75) is 26.7 Å². The van der Waals surface area contributed by atoms with Gasteiger partial charge in [0.05, 0.1) is 3.79 Å². The van der Waals surface area contributed by atoms with Gasteiger partial charge in [0.1, 0.15) is 4.21 Å². The molecule has 1 aliphatic rings. The Morgan fingerprint density at radius 1 is 1.17 bits per heavy atom. The predicted molar refractivity (Wildman–Crippen MR) is 102 cm³/mol. The Bertz CT molecular complexity index is 771. The highest BCUT2D eigenvalue weighted by Crippen LogP contribution is 2.40. The fourth-order valence-electron chi connectivity index (χ4n) is 2.54. The second-order valence-electron chi connectivity index (χ2n) is 5.59. The first-order chi connectivity index (χ1) is 11.5. The minimum atomic E-state index is -3.48. The number of sulfonamides is 1. The number of hydrogen-bond acceptors (Lipinski definition) is 5. The fraction of sp³-hybridized carbons (Fsp3) is 0.375. The van der Waals surface area contributed by atoms with Crippen molar-refractivity contribution in [2.24, 2.45) is 0 Å². The van der Waals surface area contributed by atoms with Gasteiger partial charge in [0.25, 0.3) is 0 Å². The first-order valence-electron chi connectivity index (χ1n) is 7.56. The number of thiophene rings is 1. The third kappa shape index (κ3) is 4.62. The zero-order valence-electron chi connectivity index (χ0n) is 12.9. The lowest BCUT2D eigenvalue weighted by Gasteiger charge is -2.36. The van der Waals surface area contributed by atoms with Crippen LogP contribution in [0.5, 0.6) is 0 Å². The second kappa shape index (κ2) is 7.88. The number of ether oxygens (including phenoxy) is 1. The second-order valence-corrected chi connectivity index (χ2v) is 11.6. The van der Waals surface area contributed by atoms with E-state index in [0.29, 0.717) is 24.0 Å². The maximum atomic E-state index is 12.5. The average Bonchev–Trinajstić information content (AvgIpc) is 3.03. The van der Waals surface area contributed by atoms with Crippen molar-refractivity contribution in [3.05, 3.63) is 46.3 Å². The molecule has 0 amide bonds. The van der Waals surface area contributed by atoms with Crippen molar-refractivity contribution in [3.8, 4) is 0 Å². The van der Waals surface area contributed by atoms with Crippen molar-refractivity contribution < 1.29 is 13.2 Å². The lowest BCUT2D eigenvalue weighted by molar-refractivity contribution is 0.0784. The van der Waals surface area contributed by atoms with E-state index in [1.165, 1.54) is 11.3 Å². The average molecular weight is 448 g/mol. The smallest absolute Gasteiger partial charge is 0.250 e. The molecule has 0 atom stereocenters. The Hall–Kier alpha value is -0.380. The molecule has 0 aliphatic carbocycles. The van der Waals surface area contributed by atoms with Crippen molar-refractivity contribution in [1.29, 1.82) is 0 Å². The van der Waals surface area contributed by atoms with Crippen LogP contribution in [-0.2, 0) is 14.8 Å². The van der Waals surface area contributed by atoms with Gasteiger partial charge in [0.2, 0.25) is 10.0 Å². The molecule has 0 bridgehead atoms. The summed E-state index contributed by atoms with van der Waals surface area (Å²) < 4.78 is 34.3. The molecule has 1 aromatic carbocycles. The summed E-state index contributed by atoms with van der Waals surface area (Å²) in [4.78, 5) is 1.15. The molecule has 1 saturated heterocycles. The third-order valence-corrected chi connectivity index (χ3v) is 8.89. The van der Waals surface area contributed by atoms with E-state index in [2.05, 4.69) is 32.8 Å². The highest BCUT2D eigenvalue weighted by Gasteiger charge is 2.35. The van der Waals surface area contributed by atoms with E-state index in [0.717, 1.165) is 21.5 Å². The summed E-state index contributed by atoms with van der Waals surface area (Å²) in [5.74, 6) is 0. The van der Waals surface area contributed by atoms with Gasteiger partial charge in [-0.2, -0.15) is 0 Å². The van der Waals surface area contributed by atoms with Crippen LogP contribution in [0, 0.1) is 0 Å². The molecule has 1 N–H and O–H groups in total. The molecule has 2 heterocycles. The normalized spacial score (nSPS) is 17.7. The van der Waals surface area contributed by atoms with Gasteiger partial charge in [-0.15, -0.1) is 23.1 Å². The molecule has 0 saturated carbocycles. The summed E-state index contributed by atoms with van der Waals surface area (Å²) in [7, 11) is -3.48. The third-order valence-electron chi connectivity index (χ3n) is 3.88. The van der Waals surface area contributed by atoms with Crippen molar-refractivity contribution in [3.63, 3.8) is 0 Å². The van der Waals surface area contributed by atoms with Gasteiger partial charge in [-0.25, -0.2) is 13.1 Å². The van der Waals surface area contributed by atoms with E-state index in [1.54, 1.807) is 23.9 Å². The quantitative estimate of drug-likeness (QED) is 0.722. The van der Waals surface area contributed by atoms with Crippen LogP contribution in [0.4, 0.5) is 0 Å². The molecule has 1 aliphatic heterocycles. The molecule has 24 heavy (non-hydrogen) atoms. The van der Waals surface area contributed by atoms with Crippen LogP contribution in [0.25, 0.3) is 0 Å². The summed E-state index contributed by atoms with van der Waals surface area (Å²) in [5, 5.41) is 0. The summed E-state index contributed by atoms with van der Waals surface area (Å²) in [6, 6.07) is 13.5. The van der Waals surface area contributed by atoms with Gasteiger partial charge in [-0.1, -0.05) is 18.2 Å². The van der Waals surface area contributed by atoms with Crippen LogP contribution in [0.3, 0.4) is 0 Å². The van der Waals surface area contributed by atoms with Gasteiger partial charge >= 0.3 is 0 Å². The lowest BCUT2D eigenvalue weighted by atomic mass is 9.99. The topological polar surface area (TPSA) is 55.4 Å². The molecule has 3 rings (SSSR count). The zero-order valence-corrected chi connectivity index (χ0v) is 16.9. The zero-order chi connectivity index (χ0) is 17.0. The minimum absolute atomic E-state index is 0.179. The summed E-state index contributed by atoms with van der Waals surface area (Å²) in [6.07, 6.45) is 1.65. The Morgan fingerprint density at radius 3 is 2.50 bits per heavy atom. The van der Waals surface area contributed by atoms with Crippen LogP contribution >= 0.6 is 39.0 Å². The highest BCUT2D eigenvalue weighted by molar-refractivity contribution is 9.11.